The molecule has 76 valence electrons. The minimum atomic E-state index is -0.243. The molecule has 4 heteroatoms. The Bertz CT molecular complexity index is 166. The van der Waals surface area contributed by atoms with Gasteiger partial charge in [0.1, 0.15) is 0 Å². The number of primary amides is 1. The van der Waals surface area contributed by atoms with E-state index < -0.39 is 0 Å². The van der Waals surface area contributed by atoms with E-state index in [1.807, 2.05) is 0 Å². The van der Waals surface area contributed by atoms with Crippen LogP contribution >= 0.6 is 0 Å². The third-order valence-corrected chi connectivity index (χ3v) is 2.66. The molecule has 13 heavy (non-hydrogen) atoms. The summed E-state index contributed by atoms with van der Waals surface area (Å²) in [4.78, 5) is 10.9. The predicted octanol–water partition coefficient (Wildman–Crippen LogP) is -0.551. The van der Waals surface area contributed by atoms with E-state index in [-0.39, 0.29) is 11.9 Å². The van der Waals surface area contributed by atoms with Crippen molar-refractivity contribution < 1.29 is 4.79 Å². The van der Waals surface area contributed by atoms with Gasteiger partial charge in [-0.25, -0.2) is 0 Å². The molecule has 1 heterocycles. The van der Waals surface area contributed by atoms with Gasteiger partial charge >= 0.3 is 0 Å². The Hall–Kier alpha value is -0.610. The number of nitrogens with one attached hydrogen (secondary N) is 2. The molecule has 2 atom stereocenters. The lowest BCUT2D eigenvalue weighted by Gasteiger charge is -2.25. The van der Waals surface area contributed by atoms with Crippen LogP contribution in [-0.2, 0) is 4.79 Å². The van der Waals surface area contributed by atoms with Crippen molar-refractivity contribution in [1.29, 1.82) is 0 Å². The Kier molecular flexibility index (Phi) is 4.18. The first-order valence-corrected chi connectivity index (χ1v) is 4.91. The molecule has 4 N–H and O–H groups in total. The van der Waals surface area contributed by atoms with Crippen LogP contribution in [0.25, 0.3) is 0 Å². The second-order valence-corrected chi connectivity index (χ2v) is 3.69. The lowest BCUT2D eigenvalue weighted by molar-refractivity contribution is -0.120. The molecule has 4 nitrogen and oxygen atoms in total. The highest BCUT2D eigenvalue weighted by Crippen LogP contribution is 2.15. The first-order valence-electron chi connectivity index (χ1n) is 4.91. The summed E-state index contributed by atoms with van der Waals surface area (Å²) in [5.74, 6) is 0.353. The van der Waals surface area contributed by atoms with Crippen molar-refractivity contribution in [3.8, 4) is 0 Å². The fraction of sp³-hybridized carbons (Fsp3) is 0.889. The van der Waals surface area contributed by atoms with Gasteiger partial charge in [-0.1, -0.05) is 0 Å². The average Bonchev–Trinajstić information content (AvgIpc) is 2.15. The molecule has 1 rings (SSSR count). The minimum Gasteiger partial charge on any atom is -0.368 e. The number of amides is 1. The third kappa shape index (κ3) is 3.32. The molecule has 0 aliphatic carbocycles. The van der Waals surface area contributed by atoms with Gasteiger partial charge in [0.15, 0.2) is 0 Å². The summed E-state index contributed by atoms with van der Waals surface area (Å²) in [5, 5.41) is 6.27. The topological polar surface area (TPSA) is 67.2 Å². The number of hydrogen-bond donors (Lipinski definition) is 3. The van der Waals surface area contributed by atoms with Crippen molar-refractivity contribution in [3.63, 3.8) is 0 Å². The quantitative estimate of drug-likeness (QED) is 0.550. The lowest BCUT2D eigenvalue weighted by atomic mass is 9.92. The second-order valence-electron chi connectivity index (χ2n) is 3.69. The van der Waals surface area contributed by atoms with Crippen LogP contribution in [0.5, 0.6) is 0 Å². The van der Waals surface area contributed by atoms with Crippen molar-refractivity contribution in [1.82, 2.24) is 10.6 Å². The summed E-state index contributed by atoms with van der Waals surface area (Å²) in [6.07, 6.45) is 3.27. The largest absolute Gasteiger partial charge is 0.368 e. The van der Waals surface area contributed by atoms with Crippen LogP contribution in [0.3, 0.4) is 0 Å². The Balaban J connectivity index is 2.31. The predicted molar refractivity (Wildman–Crippen MR) is 52.3 cm³/mol. The third-order valence-electron chi connectivity index (χ3n) is 2.66. The molecule has 0 aromatic heterocycles. The lowest BCUT2D eigenvalue weighted by Crippen LogP contribution is -2.43. The zero-order chi connectivity index (χ0) is 9.68. The first-order chi connectivity index (χ1) is 6.24. The second kappa shape index (κ2) is 5.19. The van der Waals surface area contributed by atoms with E-state index in [1.54, 1.807) is 7.05 Å². The first kappa shape index (κ1) is 10.5. The van der Waals surface area contributed by atoms with Gasteiger partial charge in [-0.2, -0.15) is 0 Å². The summed E-state index contributed by atoms with van der Waals surface area (Å²) in [5.41, 5.74) is 5.24. The number of nitrogens with two attached hydrogens (primary N) is 1. The maximum absolute atomic E-state index is 10.9. The monoisotopic (exact) mass is 185 g/mol. The number of piperidine rings is 1. The molecular formula is C9H19N3O. The Morgan fingerprint density at radius 3 is 3.00 bits per heavy atom. The molecule has 1 aliphatic heterocycles. The highest BCUT2D eigenvalue weighted by molar-refractivity contribution is 5.79. The Morgan fingerprint density at radius 1 is 1.77 bits per heavy atom. The van der Waals surface area contributed by atoms with Gasteiger partial charge in [0.25, 0.3) is 0 Å². The summed E-state index contributed by atoms with van der Waals surface area (Å²) >= 11 is 0. The van der Waals surface area contributed by atoms with E-state index in [4.69, 9.17) is 5.73 Å². The Labute approximate surface area is 79.3 Å². The van der Waals surface area contributed by atoms with Crippen molar-refractivity contribution in [2.75, 3.05) is 20.1 Å². The zero-order valence-electron chi connectivity index (χ0n) is 8.18. The molecule has 0 aromatic rings. The summed E-state index contributed by atoms with van der Waals surface area (Å²) in [6, 6.07) is -0.162. The van der Waals surface area contributed by atoms with Gasteiger partial charge in [-0.05, 0) is 45.3 Å². The highest BCUT2D eigenvalue weighted by Gasteiger charge is 2.20. The van der Waals surface area contributed by atoms with Crippen LogP contribution in [0.4, 0.5) is 0 Å². The van der Waals surface area contributed by atoms with Gasteiger partial charge < -0.3 is 16.4 Å². The molecule has 0 bridgehead atoms. The van der Waals surface area contributed by atoms with Crippen LogP contribution in [0.15, 0.2) is 0 Å². The molecule has 1 saturated heterocycles. The van der Waals surface area contributed by atoms with E-state index in [0.717, 1.165) is 19.5 Å². The number of carbonyl (C=O) groups is 1. The standard InChI is InChI=1S/C9H19N3O/c1-11-8(9(10)13)5-7-3-2-4-12-6-7/h7-8,11-12H,2-6H2,1H3,(H2,10,13). The maximum atomic E-state index is 10.9. The van der Waals surface area contributed by atoms with Crippen molar-refractivity contribution in [2.45, 2.75) is 25.3 Å². The van der Waals surface area contributed by atoms with Crippen LogP contribution in [-0.4, -0.2) is 32.1 Å². The van der Waals surface area contributed by atoms with Crippen molar-refractivity contribution >= 4 is 5.91 Å². The van der Waals surface area contributed by atoms with Gasteiger partial charge in [-0.15, -0.1) is 0 Å². The summed E-state index contributed by atoms with van der Waals surface area (Å²) in [6.45, 7) is 2.13. The van der Waals surface area contributed by atoms with Crippen LogP contribution in [0, 0.1) is 5.92 Å². The van der Waals surface area contributed by atoms with Gasteiger partial charge in [0.05, 0.1) is 6.04 Å². The van der Waals surface area contributed by atoms with E-state index in [1.165, 1.54) is 12.8 Å². The SMILES string of the molecule is CNC(CC1CCCNC1)C(N)=O. The smallest absolute Gasteiger partial charge is 0.234 e. The van der Waals surface area contributed by atoms with Gasteiger partial charge in [-0.3, -0.25) is 4.79 Å². The minimum absolute atomic E-state index is 0.162. The number of carbonyl (C=O) groups excluding carboxylic acids is 1. The molecule has 0 radical (unpaired) electrons. The highest BCUT2D eigenvalue weighted by atomic mass is 16.1. The van der Waals surface area contributed by atoms with E-state index in [0.29, 0.717) is 5.92 Å². The van der Waals surface area contributed by atoms with E-state index in [9.17, 15) is 4.79 Å². The molecule has 1 fully saturated rings. The molecule has 1 aliphatic rings. The molecular weight excluding hydrogens is 166 g/mol. The van der Waals surface area contributed by atoms with Crippen molar-refractivity contribution in [3.05, 3.63) is 0 Å². The van der Waals surface area contributed by atoms with E-state index >= 15 is 0 Å². The summed E-state index contributed by atoms with van der Waals surface area (Å²) in [7, 11) is 1.78. The average molecular weight is 185 g/mol. The number of hydrogen-bond acceptors (Lipinski definition) is 3. The summed E-state index contributed by atoms with van der Waals surface area (Å²) < 4.78 is 0. The maximum Gasteiger partial charge on any atom is 0.234 e. The van der Waals surface area contributed by atoms with Crippen LogP contribution < -0.4 is 16.4 Å². The molecule has 0 aromatic carbocycles. The normalized spacial score (nSPS) is 25.5. The fourth-order valence-electron chi connectivity index (χ4n) is 1.83. The van der Waals surface area contributed by atoms with Crippen molar-refractivity contribution in [2.24, 2.45) is 11.7 Å². The molecule has 0 spiro atoms. The fourth-order valence-corrected chi connectivity index (χ4v) is 1.83. The van der Waals surface area contributed by atoms with Gasteiger partial charge in [0.2, 0.25) is 5.91 Å². The molecule has 0 saturated carbocycles. The molecule has 1 amide bonds. The number of rotatable bonds is 4. The van der Waals surface area contributed by atoms with Crippen LogP contribution in [0.2, 0.25) is 0 Å². The van der Waals surface area contributed by atoms with Crippen LogP contribution in [0.1, 0.15) is 19.3 Å². The Morgan fingerprint density at radius 2 is 2.54 bits per heavy atom. The molecule has 2 unspecified atom stereocenters. The zero-order valence-corrected chi connectivity index (χ0v) is 8.18. The number of likely N-dealkylation sites (N-methyl/N-ethyl adjacent to an activating group) is 1. The van der Waals surface area contributed by atoms with Gasteiger partial charge in [0, 0.05) is 0 Å². The van der Waals surface area contributed by atoms with E-state index in [2.05, 4.69) is 10.6 Å².